The highest BCUT2D eigenvalue weighted by molar-refractivity contribution is 5.92. The van der Waals surface area contributed by atoms with Gasteiger partial charge in [0, 0.05) is 12.5 Å². The number of hydrogen-bond donors (Lipinski definition) is 1. The van der Waals surface area contributed by atoms with Gasteiger partial charge < -0.3 is 15.0 Å². The molecule has 0 radical (unpaired) electrons. The average molecular weight is 237 g/mol. The number of aromatic nitrogens is 2. The maximum atomic E-state index is 11.5. The highest BCUT2D eigenvalue weighted by Gasteiger charge is 2.40. The van der Waals surface area contributed by atoms with Gasteiger partial charge in [-0.1, -0.05) is 20.3 Å². The molecule has 17 heavy (non-hydrogen) atoms. The maximum absolute atomic E-state index is 11.5. The van der Waals surface area contributed by atoms with Gasteiger partial charge in [0.2, 0.25) is 0 Å². The molecule has 1 aliphatic rings. The van der Waals surface area contributed by atoms with Gasteiger partial charge in [-0.05, 0) is 12.3 Å². The van der Waals surface area contributed by atoms with Crippen molar-refractivity contribution in [1.29, 1.82) is 0 Å². The maximum Gasteiger partial charge on any atom is 0.360 e. The molecule has 2 unspecified atom stereocenters. The van der Waals surface area contributed by atoms with Crippen LogP contribution in [0, 0.1) is 5.92 Å². The van der Waals surface area contributed by atoms with E-state index in [4.69, 9.17) is 5.73 Å². The van der Waals surface area contributed by atoms with E-state index in [1.165, 1.54) is 7.11 Å². The standard InChI is InChI=1S/C12H19N3O2/c1-4-7-6-8(7)15-9(5-2)14-10(11(15)13)12(16)17-3/h7-8H,4-6,13H2,1-3H3. The summed E-state index contributed by atoms with van der Waals surface area (Å²) in [5, 5.41) is 0. The SMILES string of the molecule is CCc1nc(C(=O)OC)c(N)n1C1CC1CC. The zero-order valence-corrected chi connectivity index (χ0v) is 10.6. The topological polar surface area (TPSA) is 70.1 Å². The molecule has 5 nitrogen and oxygen atoms in total. The van der Waals surface area contributed by atoms with Crippen molar-refractivity contribution < 1.29 is 9.53 Å². The van der Waals surface area contributed by atoms with Crippen LogP contribution >= 0.6 is 0 Å². The summed E-state index contributed by atoms with van der Waals surface area (Å²) in [6.45, 7) is 4.19. The van der Waals surface area contributed by atoms with E-state index in [1.54, 1.807) is 0 Å². The molecule has 0 aliphatic heterocycles. The molecule has 0 bridgehead atoms. The highest BCUT2D eigenvalue weighted by Crippen LogP contribution is 2.47. The fraction of sp³-hybridized carbons (Fsp3) is 0.667. The summed E-state index contributed by atoms with van der Waals surface area (Å²) in [5.41, 5.74) is 6.27. The predicted molar refractivity (Wildman–Crippen MR) is 64.8 cm³/mol. The van der Waals surface area contributed by atoms with Gasteiger partial charge in [0.05, 0.1) is 7.11 Å². The molecule has 1 heterocycles. The molecule has 1 aromatic rings. The number of carbonyl (C=O) groups excluding carboxylic acids is 1. The van der Waals surface area contributed by atoms with E-state index in [-0.39, 0.29) is 5.69 Å². The summed E-state index contributed by atoms with van der Waals surface area (Å²) in [5.74, 6) is 1.55. The highest BCUT2D eigenvalue weighted by atomic mass is 16.5. The van der Waals surface area contributed by atoms with Crippen molar-refractivity contribution >= 4 is 11.8 Å². The average Bonchev–Trinajstić information content (AvgIpc) is 3.04. The molecule has 1 aromatic heterocycles. The van der Waals surface area contributed by atoms with Gasteiger partial charge in [0.1, 0.15) is 11.6 Å². The number of aryl methyl sites for hydroxylation is 1. The molecular weight excluding hydrogens is 218 g/mol. The number of hydrogen-bond acceptors (Lipinski definition) is 4. The summed E-state index contributed by atoms with van der Waals surface area (Å²) < 4.78 is 6.70. The Morgan fingerprint density at radius 2 is 2.29 bits per heavy atom. The number of ether oxygens (including phenoxy) is 1. The second-order valence-electron chi connectivity index (χ2n) is 4.45. The van der Waals surface area contributed by atoms with Gasteiger partial charge in [-0.3, -0.25) is 0 Å². The van der Waals surface area contributed by atoms with E-state index < -0.39 is 5.97 Å². The van der Waals surface area contributed by atoms with Crippen LogP contribution in [-0.4, -0.2) is 22.6 Å². The van der Waals surface area contributed by atoms with E-state index in [0.717, 1.165) is 25.1 Å². The lowest BCUT2D eigenvalue weighted by atomic mass is 10.3. The zero-order valence-electron chi connectivity index (χ0n) is 10.6. The van der Waals surface area contributed by atoms with Crippen LogP contribution < -0.4 is 5.73 Å². The fourth-order valence-electron chi connectivity index (χ4n) is 2.35. The van der Waals surface area contributed by atoms with E-state index in [1.807, 2.05) is 11.5 Å². The number of anilines is 1. The first-order valence-corrected chi connectivity index (χ1v) is 6.08. The second-order valence-corrected chi connectivity index (χ2v) is 4.45. The van der Waals surface area contributed by atoms with Crippen LogP contribution in [0.3, 0.4) is 0 Å². The predicted octanol–water partition coefficient (Wildman–Crippen LogP) is 1.79. The lowest BCUT2D eigenvalue weighted by Crippen LogP contribution is -2.09. The Balaban J connectivity index is 2.37. The van der Waals surface area contributed by atoms with Crippen LogP contribution in [0.5, 0.6) is 0 Å². The molecule has 94 valence electrons. The van der Waals surface area contributed by atoms with E-state index in [9.17, 15) is 4.79 Å². The van der Waals surface area contributed by atoms with Crippen LogP contribution in [0.1, 0.15) is 49.0 Å². The first-order chi connectivity index (χ1) is 8.13. The first kappa shape index (κ1) is 12.0. The third-order valence-corrected chi connectivity index (χ3v) is 3.46. The Morgan fingerprint density at radius 1 is 1.59 bits per heavy atom. The van der Waals surface area contributed by atoms with E-state index >= 15 is 0 Å². The van der Waals surface area contributed by atoms with Gasteiger partial charge in [-0.15, -0.1) is 0 Å². The lowest BCUT2D eigenvalue weighted by molar-refractivity contribution is 0.0595. The molecule has 0 aromatic carbocycles. The van der Waals surface area contributed by atoms with Gasteiger partial charge in [0.25, 0.3) is 0 Å². The van der Waals surface area contributed by atoms with Gasteiger partial charge in [0.15, 0.2) is 5.69 Å². The van der Waals surface area contributed by atoms with Gasteiger partial charge in [-0.2, -0.15) is 0 Å². The Hall–Kier alpha value is -1.52. The van der Waals surface area contributed by atoms with Crippen molar-refractivity contribution in [2.24, 2.45) is 5.92 Å². The molecular formula is C12H19N3O2. The van der Waals surface area contributed by atoms with Crippen molar-refractivity contribution in [3.63, 3.8) is 0 Å². The van der Waals surface area contributed by atoms with Crippen LogP contribution in [0.25, 0.3) is 0 Å². The third-order valence-electron chi connectivity index (χ3n) is 3.46. The van der Waals surface area contributed by atoms with E-state index in [0.29, 0.717) is 17.8 Å². The molecule has 2 rings (SSSR count). The van der Waals surface area contributed by atoms with Crippen molar-refractivity contribution in [2.45, 2.75) is 39.2 Å². The number of rotatable bonds is 4. The quantitative estimate of drug-likeness (QED) is 0.810. The molecule has 2 atom stereocenters. The largest absolute Gasteiger partial charge is 0.464 e. The van der Waals surface area contributed by atoms with Gasteiger partial charge in [-0.25, -0.2) is 9.78 Å². The Morgan fingerprint density at radius 3 is 2.76 bits per heavy atom. The Kier molecular flexibility index (Phi) is 3.09. The molecule has 1 saturated carbocycles. The minimum absolute atomic E-state index is 0.256. The van der Waals surface area contributed by atoms with Crippen molar-refractivity contribution in [3.05, 3.63) is 11.5 Å². The summed E-state index contributed by atoms with van der Waals surface area (Å²) >= 11 is 0. The zero-order chi connectivity index (χ0) is 12.6. The third kappa shape index (κ3) is 1.90. The number of esters is 1. The van der Waals surface area contributed by atoms with Crippen molar-refractivity contribution in [3.8, 4) is 0 Å². The van der Waals surface area contributed by atoms with Crippen LogP contribution in [0.4, 0.5) is 5.82 Å². The Bertz CT molecular complexity index is 439. The molecule has 5 heteroatoms. The summed E-state index contributed by atoms with van der Waals surface area (Å²) in [6.07, 6.45) is 3.04. The summed E-state index contributed by atoms with van der Waals surface area (Å²) in [6, 6.07) is 0.417. The molecule has 1 fully saturated rings. The molecule has 1 aliphatic carbocycles. The normalized spacial score (nSPS) is 22.5. The Labute approximate surface area is 101 Å². The van der Waals surface area contributed by atoms with Crippen molar-refractivity contribution in [2.75, 3.05) is 12.8 Å². The minimum Gasteiger partial charge on any atom is -0.464 e. The molecule has 0 amide bonds. The second kappa shape index (κ2) is 4.39. The van der Waals surface area contributed by atoms with Gasteiger partial charge >= 0.3 is 5.97 Å². The van der Waals surface area contributed by atoms with Crippen LogP contribution in [-0.2, 0) is 11.2 Å². The molecule has 2 N–H and O–H groups in total. The van der Waals surface area contributed by atoms with Crippen LogP contribution in [0.15, 0.2) is 0 Å². The first-order valence-electron chi connectivity index (χ1n) is 6.08. The summed E-state index contributed by atoms with van der Waals surface area (Å²) in [4.78, 5) is 15.8. The molecule has 0 saturated heterocycles. The number of nitrogens with zero attached hydrogens (tertiary/aromatic N) is 2. The number of methoxy groups -OCH3 is 1. The monoisotopic (exact) mass is 237 g/mol. The number of carbonyl (C=O) groups is 1. The number of nitrogen functional groups attached to an aromatic ring is 1. The summed E-state index contributed by atoms with van der Waals surface area (Å²) in [7, 11) is 1.35. The number of nitrogens with two attached hydrogens (primary N) is 1. The smallest absolute Gasteiger partial charge is 0.360 e. The number of imidazole rings is 1. The lowest BCUT2D eigenvalue weighted by Gasteiger charge is -2.07. The van der Waals surface area contributed by atoms with Crippen LogP contribution in [0.2, 0.25) is 0 Å². The minimum atomic E-state index is -0.454. The fourth-order valence-corrected chi connectivity index (χ4v) is 2.35. The van der Waals surface area contributed by atoms with E-state index in [2.05, 4.69) is 16.6 Å². The van der Waals surface area contributed by atoms with Crippen molar-refractivity contribution in [1.82, 2.24) is 9.55 Å². The molecule has 0 spiro atoms.